The summed E-state index contributed by atoms with van der Waals surface area (Å²) in [5.41, 5.74) is 2.01. The summed E-state index contributed by atoms with van der Waals surface area (Å²) in [6.07, 6.45) is 5.07. The zero-order chi connectivity index (χ0) is 6.69. The van der Waals surface area contributed by atoms with Gasteiger partial charge in [0, 0.05) is 0 Å². The van der Waals surface area contributed by atoms with E-state index in [1.54, 1.807) is 0 Å². The molecule has 1 heterocycles. The number of nitrogens with zero attached hydrogens (tertiary/aromatic N) is 2. The Balaban J connectivity index is 2.75. The SMILES string of the molecule is CC1=CCC=C(C)N=N1. The highest BCUT2D eigenvalue weighted by Crippen LogP contribution is 2.08. The van der Waals surface area contributed by atoms with E-state index in [1.165, 1.54) is 0 Å². The Labute approximate surface area is 55.0 Å². The second-order valence-electron chi connectivity index (χ2n) is 2.13. The van der Waals surface area contributed by atoms with Crippen molar-refractivity contribution in [2.24, 2.45) is 10.2 Å². The third-order valence-electron chi connectivity index (χ3n) is 1.19. The molecule has 9 heavy (non-hydrogen) atoms. The van der Waals surface area contributed by atoms with Crippen LogP contribution in [0.1, 0.15) is 20.3 Å². The highest BCUT2D eigenvalue weighted by Gasteiger charge is 1.89. The van der Waals surface area contributed by atoms with E-state index < -0.39 is 0 Å². The molecule has 0 fully saturated rings. The maximum atomic E-state index is 3.92. The first kappa shape index (κ1) is 6.20. The molecule has 2 nitrogen and oxygen atoms in total. The third-order valence-corrected chi connectivity index (χ3v) is 1.19. The summed E-state index contributed by atoms with van der Waals surface area (Å²) < 4.78 is 0. The molecule has 0 unspecified atom stereocenters. The van der Waals surface area contributed by atoms with Crippen LogP contribution in [0.5, 0.6) is 0 Å². The predicted molar refractivity (Wildman–Crippen MR) is 37.0 cm³/mol. The molecule has 2 heteroatoms. The Kier molecular flexibility index (Phi) is 1.78. The van der Waals surface area contributed by atoms with Gasteiger partial charge in [-0.25, -0.2) is 0 Å². The molecule has 0 aromatic heterocycles. The van der Waals surface area contributed by atoms with Crippen molar-refractivity contribution in [1.29, 1.82) is 0 Å². The fourth-order valence-electron chi connectivity index (χ4n) is 0.639. The van der Waals surface area contributed by atoms with Gasteiger partial charge in [0.15, 0.2) is 0 Å². The average Bonchev–Trinajstić information content (AvgIpc) is 1.97. The lowest BCUT2D eigenvalue weighted by Crippen LogP contribution is -1.61. The molecular weight excluding hydrogens is 112 g/mol. The van der Waals surface area contributed by atoms with Gasteiger partial charge in [0.25, 0.3) is 0 Å². The van der Waals surface area contributed by atoms with Crippen molar-refractivity contribution in [2.45, 2.75) is 20.3 Å². The molecule has 0 bridgehead atoms. The summed E-state index contributed by atoms with van der Waals surface area (Å²) in [5.74, 6) is 0. The zero-order valence-corrected chi connectivity index (χ0v) is 5.76. The van der Waals surface area contributed by atoms with Crippen LogP contribution in [0.3, 0.4) is 0 Å². The van der Waals surface area contributed by atoms with Gasteiger partial charge in [-0.15, -0.1) is 0 Å². The molecule has 0 amide bonds. The number of hydrogen-bond donors (Lipinski definition) is 0. The Hall–Kier alpha value is -0.920. The maximum Gasteiger partial charge on any atom is 0.0563 e. The normalized spacial score (nSPS) is 18.4. The van der Waals surface area contributed by atoms with Crippen LogP contribution in [-0.4, -0.2) is 0 Å². The molecule has 0 aromatic rings. The van der Waals surface area contributed by atoms with Gasteiger partial charge in [0.05, 0.1) is 11.4 Å². The summed E-state index contributed by atoms with van der Waals surface area (Å²) in [7, 11) is 0. The zero-order valence-electron chi connectivity index (χ0n) is 5.76. The van der Waals surface area contributed by atoms with Crippen LogP contribution in [-0.2, 0) is 0 Å². The molecule has 1 rings (SSSR count). The summed E-state index contributed by atoms with van der Waals surface area (Å²) >= 11 is 0. The van der Waals surface area contributed by atoms with E-state index >= 15 is 0 Å². The maximum absolute atomic E-state index is 3.92. The highest BCUT2D eigenvalue weighted by atomic mass is 15.1. The van der Waals surface area contributed by atoms with E-state index in [9.17, 15) is 0 Å². The van der Waals surface area contributed by atoms with Crippen LogP contribution in [0, 0.1) is 0 Å². The van der Waals surface area contributed by atoms with Crippen LogP contribution in [0.2, 0.25) is 0 Å². The van der Waals surface area contributed by atoms with Crippen molar-refractivity contribution in [3.8, 4) is 0 Å². The Morgan fingerprint density at radius 2 is 1.56 bits per heavy atom. The van der Waals surface area contributed by atoms with Crippen molar-refractivity contribution < 1.29 is 0 Å². The van der Waals surface area contributed by atoms with Gasteiger partial charge >= 0.3 is 0 Å². The molecule has 0 saturated heterocycles. The van der Waals surface area contributed by atoms with E-state index in [4.69, 9.17) is 0 Å². The number of rotatable bonds is 0. The lowest BCUT2D eigenvalue weighted by atomic mass is 10.3. The van der Waals surface area contributed by atoms with E-state index in [0.29, 0.717) is 0 Å². The van der Waals surface area contributed by atoms with Gasteiger partial charge in [-0.05, 0) is 20.3 Å². The standard InChI is InChI=1S/C7H10N2/c1-6-4-3-5-7(2)9-8-6/h4-5H,3H2,1-2H3. The van der Waals surface area contributed by atoms with Crippen molar-refractivity contribution >= 4 is 0 Å². The second-order valence-corrected chi connectivity index (χ2v) is 2.13. The predicted octanol–water partition coefficient (Wildman–Crippen LogP) is 2.65. The number of hydrogen-bond acceptors (Lipinski definition) is 2. The average molecular weight is 122 g/mol. The molecule has 48 valence electrons. The van der Waals surface area contributed by atoms with E-state index in [2.05, 4.69) is 22.4 Å². The monoisotopic (exact) mass is 122 g/mol. The van der Waals surface area contributed by atoms with Gasteiger partial charge < -0.3 is 0 Å². The van der Waals surface area contributed by atoms with Crippen LogP contribution >= 0.6 is 0 Å². The first-order valence-corrected chi connectivity index (χ1v) is 3.04. The largest absolute Gasteiger partial charge is 0.156 e. The van der Waals surface area contributed by atoms with Gasteiger partial charge in [-0.1, -0.05) is 12.2 Å². The molecule has 1 aliphatic heterocycles. The Morgan fingerprint density at radius 3 is 2.00 bits per heavy atom. The minimum Gasteiger partial charge on any atom is -0.156 e. The number of allylic oxidation sites excluding steroid dienone is 4. The molecule has 0 atom stereocenters. The lowest BCUT2D eigenvalue weighted by Gasteiger charge is -1.82. The Bertz CT molecular complexity index is 167. The van der Waals surface area contributed by atoms with Crippen molar-refractivity contribution in [1.82, 2.24) is 0 Å². The smallest absolute Gasteiger partial charge is 0.0563 e. The topological polar surface area (TPSA) is 24.7 Å². The number of azo groups is 1. The lowest BCUT2D eigenvalue weighted by molar-refractivity contribution is 1.07. The van der Waals surface area contributed by atoms with Gasteiger partial charge in [0.2, 0.25) is 0 Å². The van der Waals surface area contributed by atoms with Crippen molar-refractivity contribution in [3.05, 3.63) is 23.5 Å². The molecule has 0 aromatic carbocycles. The van der Waals surface area contributed by atoms with E-state index in [-0.39, 0.29) is 0 Å². The molecular formula is C7H10N2. The molecule has 0 N–H and O–H groups in total. The second kappa shape index (κ2) is 2.58. The van der Waals surface area contributed by atoms with Crippen LogP contribution in [0.15, 0.2) is 33.8 Å². The molecule has 0 radical (unpaired) electrons. The highest BCUT2D eigenvalue weighted by molar-refractivity contribution is 5.07. The van der Waals surface area contributed by atoms with E-state index in [0.717, 1.165) is 17.8 Å². The first-order valence-electron chi connectivity index (χ1n) is 3.04. The fraction of sp³-hybridized carbons (Fsp3) is 0.429. The van der Waals surface area contributed by atoms with Gasteiger partial charge in [-0.2, -0.15) is 10.2 Å². The Morgan fingerprint density at radius 1 is 1.11 bits per heavy atom. The van der Waals surface area contributed by atoms with Gasteiger partial charge in [-0.3, -0.25) is 0 Å². The van der Waals surface area contributed by atoms with Crippen LogP contribution in [0.4, 0.5) is 0 Å². The minimum atomic E-state index is 0.963. The van der Waals surface area contributed by atoms with E-state index in [1.807, 2.05) is 13.8 Å². The fourth-order valence-corrected chi connectivity index (χ4v) is 0.639. The molecule has 0 saturated carbocycles. The summed E-state index contributed by atoms with van der Waals surface area (Å²) in [6.45, 7) is 3.91. The third kappa shape index (κ3) is 1.80. The van der Waals surface area contributed by atoms with Crippen molar-refractivity contribution in [3.63, 3.8) is 0 Å². The quantitative estimate of drug-likeness (QED) is 0.472. The van der Waals surface area contributed by atoms with Gasteiger partial charge in [0.1, 0.15) is 0 Å². The van der Waals surface area contributed by atoms with Crippen molar-refractivity contribution in [2.75, 3.05) is 0 Å². The summed E-state index contributed by atoms with van der Waals surface area (Å²) in [5, 5.41) is 7.84. The molecule has 0 aliphatic carbocycles. The summed E-state index contributed by atoms with van der Waals surface area (Å²) in [4.78, 5) is 0. The van der Waals surface area contributed by atoms with Crippen LogP contribution < -0.4 is 0 Å². The minimum absolute atomic E-state index is 0.963. The first-order chi connectivity index (χ1) is 4.29. The molecule has 1 aliphatic rings. The summed E-state index contributed by atoms with van der Waals surface area (Å²) in [6, 6.07) is 0. The molecule has 0 spiro atoms. The van der Waals surface area contributed by atoms with Crippen LogP contribution in [0.25, 0.3) is 0 Å².